The lowest BCUT2D eigenvalue weighted by Gasteiger charge is -2.35. The number of hydrogen-bond acceptors (Lipinski definition) is 26. The molecule has 0 radical (unpaired) electrons. The molecule has 10 aromatic carbocycles. The number of piperazine rings is 4. The van der Waals surface area contributed by atoms with Crippen LogP contribution in [-0.4, -0.2) is 297 Å². The maximum atomic E-state index is 14.4. The molecular formula is C112H122Cl3N15O17. The lowest BCUT2D eigenvalue weighted by Crippen LogP contribution is -2.50. The van der Waals surface area contributed by atoms with Crippen LogP contribution in [0.3, 0.4) is 0 Å². The van der Waals surface area contributed by atoms with Gasteiger partial charge in [0, 0.05) is 156 Å². The molecule has 3 amide bonds. The molecule has 8 heterocycles. The quantitative estimate of drug-likeness (QED) is 0.0338. The van der Waals surface area contributed by atoms with Crippen molar-refractivity contribution in [2.45, 2.75) is 93.0 Å². The van der Waals surface area contributed by atoms with Crippen LogP contribution in [0, 0.1) is 0 Å². The highest BCUT2D eigenvalue weighted by Gasteiger charge is 2.32. The van der Waals surface area contributed by atoms with E-state index in [1.54, 1.807) is 187 Å². The number of para-hydroxylation sites is 3. The minimum absolute atomic E-state index is 0.0277. The standard InChI is InChI=1S/C44H49ClN6O6.C36H40ClN5O6.C32H33ClN4O5/c1-31(2)57-41-17-10-33(40(52)28-48-20-18-47(19-21-48)27-32-8-13-35(55-3)14-9-32)26-39(41)51-42(46-38-7-5-4-6-37(38)44(51)54)29-49-22-24-50(25-23-49)43(53)30-56-36-15-11-34(45)12-16-36;1-25(2)48-33-12-7-26(32(43)22-40-17-19-46-20-18-40)21-31(33)42-34(38-30-6-4-3-5-29(30)36(42)45)23-39-13-15-41(16-14-39)35(44)24-47-28-10-8-27(37)9-11-28;1-21(2)42-29-13-8-23(22(3)38)18-28(29)37-30(34-27-7-5-4-6-26(27)32(37)40)19-35-14-16-36(17-15-35)31(39)20-41-25-11-9-24(33)10-12-25/h4-17,26,31H,18-25,27-30H2,1-3H3;3-12,21,25H,13-20,22-24H2,1-2H3;4-13,18,21H,14-17,19-20H2,1-3H3. The zero-order valence-corrected chi connectivity index (χ0v) is 86.2. The number of halogens is 3. The van der Waals surface area contributed by atoms with Crippen LogP contribution in [0.2, 0.25) is 15.1 Å². The summed E-state index contributed by atoms with van der Waals surface area (Å²) in [4.78, 5) is 154. The molecule has 0 saturated carbocycles. The van der Waals surface area contributed by atoms with Gasteiger partial charge in [0.25, 0.3) is 34.4 Å². The number of fused-ring (bicyclic) bond motifs is 3. The van der Waals surface area contributed by atoms with Gasteiger partial charge < -0.3 is 52.6 Å². The summed E-state index contributed by atoms with van der Waals surface area (Å²) in [5, 5.41) is 3.22. The molecule has 147 heavy (non-hydrogen) atoms. The number of rotatable bonds is 34. The summed E-state index contributed by atoms with van der Waals surface area (Å²) in [5.41, 5.74) is 5.17. The lowest BCUT2D eigenvalue weighted by molar-refractivity contribution is -0.135. The number of hydrogen-bond donors (Lipinski definition) is 0. The Morgan fingerprint density at radius 2 is 0.619 bits per heavy atom. The lowest BCUT2D eigenvalue weighted by atomic mass is 10.1. The van der Waals surface area contributed by atoms with Gasteiger partial charge in [-0.2, -0.15) is 0 Å². The minimum atomic E-state index is -0.241. The molecule has 5 aliphatic heterocycles. The topological polar surface area (TPSA) is 310 Å². The molecule has 32 nitrogen and oxygen atoms in total. The van der Waals surface area contributed by atoms with Crippen LogP contribution in [0.1, 0.15) is 103 Å². The summed E-state index contributed by atoms with van der Waals surface area (Å²) in [6.45, 7) is 27.7. The molecule has 0 spiro atoms. The number of nitrogens with zero attached hydrogens (tertiary/aromatic N) is 15. The van der Waals surface area contributed by atoms with Crippen molar-refractivity contribution in [1.82, 2.24) is 72.8 Å². The number of Topliss-reactive ketones (excluding diaryl/α,β-unsaturated/α-hetero) is 3. The number of carbonyl (C=O) groups is 6. The number of aromatic nitrogens is 6. The monoisotopic (exact) mass is 2050 g/mol. The molecule has 0 bridgehead atoms. The second-order valence-electron chi connectivity index (χ2n) is 37.5. The Labute approximate surface area is 868 Å². The Morgan fingerprint density at radius 3 is 0.939 bits per heavy atom. The van der Waals surface area contributed by atoms with Crippen molar-refractivity contribution >= 4 is 103 Å². The van der Waals surface area contributed by atoms with Crippen LogP contribution in [0.5, 0.6) is 40.2 Å². The largest absolute Gasteiger partial charge is 0.497 e. The fraction of sp³-hybridized carbons (Fsp3) is 0.357. The second-order valence-corrected chi connectivity index (χ2v) is 38.8. The molecule has 0 aliphatic carbocycles. The van der Waals surface area contributed by atoms with Gasteiger partial charge in [0.05, 0.1) is 121 Å². The van der Waals surface area contributed by atoms with E-state index in [0.717, 1.165) is 38.5 Å². The molecular weight excluding hydrogens is 1930 g/mol. The number of morpholine rings is 1. The minimum Gasteiger partial charge on any atom is -0.497 e. The van der Waals surface area contributed by atoms with E-state index in [2.05, 4.69) is 41.5 Å². The summed E-state index contributed by atoms with van der Waals surface area (Å²) < 4.78 is 51.0. The van der Waals surface area contributed by atoms with Gasteiger partial charge in [0.15, 0.2) is 37.2 Å². The van der Waals surface area contributed by atoms with E-state index in [-0.39, 0.29) is 103 Å². The van der Waals surface area contributed by atoms with Gasteiger partial charge in [-0.25, -0.2) is 15.0 Å². The maximum absolute atomic E-state index is 14.4. The maximum Gasteiger partial charge on any atom is 0.266 e. The predicted octanol–water partition coefficient (Wildman–Crippen LogP) is 14.4. The van der Waals surface area contributed by atoms with Gasteiger partial charge in [-0.05, 0) is 230 Å². The summed E-state index contributed by atoms with van der Waals surface area (Å²) >= 11 is 17.8. The van der Waals surface area contributed by atoms with Gasteiger partial charge in [0.1, 0.15) is 57.7 Å². The van der Waals surface area contributed by atoms with Crippen molar-refractivity contribution in [2.75, 3.05) is 171 Å². The number of ketones is 3. The fourth-order valence-electron chi connectivity index (χ4n) is 18.1. The molecule has 0 unspecified atom stereocenters. The third-order valence-electron chi connectivity index (χ3n) is 25.9. The smallest absolute Gasteiger partial charge is 0.266 e. The zero-order valence-electron chi connectivity index (χ0n) is 83.9. The normalized spacial score (nSPS) is 15.2. The van der Waals surface area contributed by atoms with Gasteiger partial charge in [-0.1, -0.05) is 83.3 Å². The third-order valence-corrected chi connectivity index (χ3v) is 26.7. The Hall–Kier alpha value is -13.8. The molecule has 0 N–H and O–H groups in total. The van der Waals surface area contributed by atoms with Crippen LogP contribution in [0.15, 0.2) is 239 Å². The zero-order chi connectivity index (χ0) is 103. The van der Waals surface area contributed by atoms with Crippen LogP contribution >= 0.6 is 34.8 Å². The summed E-state index contributed by atoms with van der Waals surface area (Å²) in [6, 6.07) is 66.4. The Balaban J connectivity index is 0.000000159. The van der Waals surface area contributed by atoms with Gasteiger partial charge in [0.2, 0.25) is 0 Å². The highest BCUT2D eigenvalue weighted by atomic mass is 35.5. The number of carbonyl (C=O) groups excluding carboxylic acids is 6. The molecule has 5 aliphatic rings. The highest BCUT2D eigenvalue weighted by Crippen LogP contribution is 2.34. The molecule has 5 saturated heterocycles. The van der Waals surface area contributed by atoms with E-state index >= 15 is 0 Å². The van der Waals surface area contributed by atoms with Gasteiger partial charge in [-0.15, -0.1) is 0 Å². The Bertz CT molecular complexity index is 7020. The molecule has 5 fully saturated rings. The SMILES string of the molecule is CC(=O)c1ccc(OC(C)C)c(-n2c(CN3CCN(C(=O)COc4ccc(Cl)cc4)CC3)nc3ccccc3c2=O)c1.CC(C)Oc1ccc(C(=O)CN2CCOCC2)cc1-n1c(CN2CCN(C(=O)COc3ccc(Cl)cc3)CC2)nc2ccccc2c1=O.COc1ccc(CN2CCN(CC(=O)c3ccc(OC(C)C)c(-n4c(CN5CCN(C(=O)COc6ccc(Cl)cc6)CC5)nc5ccccc5c4=O)c3)CC2)cc1. The van der Waals surface area contributed by atoms with Crippen LogP contribution in [-0.2, 0) is 45.3 Å². The molecule has 768 valence electrons. The van der Waals surface area contributed by atoms with Crippen LogP contribution in [0.4, 0.5) is 0 Å². The van der Waals surface area contributed by atoms with Crippen LogP contribution < -0.4 is 49.8 Å². The molecule has 0 atom stereocenters. The van der Waals surface area contributed by atoms with Crippen molar-refractivity contribution < 1.29 is 66.7 Å². The van der Waals surface area contributed by atoms with E-state index in [1.165, 1.54) is 12.5 Å². The third kappa shape index (κ3) is 28.0. The molecule has 3 aromatic heterocycles. The van der Waals surface area contributed by atoms with Gasteiger partial charge >= 0.3 is 0 Å². The molecule has 35 heteroatoms. The van der Waals surface area contributed by atoms with E-state index < -0.39 is 0 Å². The first-order valence-electron chi connectivity index (χ1n) is 49.6. The number of methoxy groups -OCH3 is 1. The first-order valence-corrected chi connectivity index (χ1v) is 50.8. The average Bonchev–Trinajstić information content (AvgIpc) is 0.764. The Morgan fingerprint density at radius 1 is 0.333 bits per heavy atom. The molecule has 13 aromatic rings. The van der Waals surface area contributed by atoms with E-state index in [0.29, 0.717) is 258 Å². The number of amides is 3. The average molecular weight is 2060 g/mol. The highest BCUT2D eigenvalue weighted by molar-refractivity contribution is 6.31. The summed E-state index contributed by atoms with van der Waals surface area (Å²) in [6.07, 6.45) is -0.490. The predicted molar refractivity (Wildman–Crippen MR) is 566 cm³/mol. The number of ether oxygens (including phenoxy) is 8. The van der Waals surface area contributed by atoms with Crippen molar-refractivity contribution in [1.29, 1.82) is 0 Å². The number of benzene rings is 10. The van der Waals surface area contributed by atoms with Crippen molar-refractivity contribution in [3.63, 3.8) is 0 Å². The second kappa shape index (κ2) is 50.1. The first kappa shape index (κ1) is 106. The first-order chi connectivity index (χ1) is 71.1. The van der Waals surface area contributed by atoms with Crippen molar-refractivity contribution in [2.24, 2.45) is 0 Å². The van der Waals surface area contributed by atoms with E-state index in [1.807, 2.05) is 102 Å². The Kier molecular flexibility index (Phi) is 36.1. The van der Waals surface area contributed by atoms with Crippen molar-refractivity contribution in [3.8, 4) is 57.3 Å². The fourth-order valence-corrected chi connectivity index (χ4v) is 18.5. The summed E-state index contributed by atoms with van der Waals surface area (Å²) in [5.74, 6) is 5.16. The van der Waals surface area contributed by atoms with E-state index in [4.69, 9.17) is 87.6 Å². The van der Waals surface area contributed by atoms with Crippen LogP contribution in [0.25, 0.3) is 49.8 Å². The van der Waals surface area contributed by atoms with Crippen molar-refractivity contribution in [3.05, 3.63) is 310 Å². The molecule has 18 rings (SSSR count). The summed E-state index contributed by atoms with van der Waals surface area (Å²) in [7, 11) is 1.67. The van der Waals surface area contributed by atoms with E-state index in [9.17, 15) is 43.2 Å². The van der Waals surface area contributed by atoms with Gasteiger partial charge in [-0.3, -0.25) is 86.3 Å².